The first kappa shape index (κ1) is 17.4. The summed E-state index contributed by atoms with van der Waals surface area (Å²) in [6.45, 7) is 2.28. The summed E-state index contributed by atoms with van der Waals surface area (Å²) in [7, 11) is 0. The van der Waals surface area contributed by atoms with Gasteiger partial charge in [0.15, 0.2) is 5.78 Å². The third kappa shape index (κ3) is 3.60. The Morgan fingerprint density at radius 3 is 3.12 bits per heavy atom. The number of aromatic nitrogens is 2. The number of aryl methyl sites for hydroxylation is 1. The molecular weight excluding hydrogens is 368 g/mol. The van der Waals surface area contributed by atoms with Gasteiger partial charge in [0, 0.05) is 16.3 Å². The lowest BCUT2D eigenvalue weighted by atomic mass is 9.89. The van der Waals surface area contributed by atoms with Crippen molar-refractivity contribution in [1.29, 1.82) is 0 Å². The second-order valence-corrected chi connectivity index (χ2v) is 8.36. The second kappa shape index (κ2) is 7.33. The number of benzene rings is 1. The number of carbonyl (C=O) groups excluding carboxylic acids is 1. The number of carbonyl (C=O) groups is 1. The Hall–Kier alpha value is -1.98. The lowest BCUT2D eigenvalue weighted by Crippen LogP contribution is -2.15. The highest BCUT2D eigenvalue weighted by Gasteiger charge is 2.23. The number of ether oxygens (including phenoxy) is 1. The van der Waals surface area contributed by atoms with E-state index >= 15 is 0 Å². The number of nitrogens with zero attached hydrogens (tertiary/aromatic N) is 2. The van der Waals surface area contributed by atoms with Gasteiger partial charge in [-0.15, -0.1) is 11.3 Å². The maximum Gasteiger partial charge on any atom is 0.226 e. The van der Waals surface area contributed by atoms with Crippen molar-refractivity contribution in [3.63, 3.8) is 0 Å². The smallest absolute Gasteiger partial charge is 0.226 e. The lowest BCUT2D eigenvalue weighted by Gasteiger charge is -2.18. The minimum atomic E-state index is -0.00301. The van der Waals surface area contributed by atoms with Crippen LogP contribution < -0.4 is 4.74 Å². The van der Waals surface area contributed by atoms with Crippen LogP contribution in [-0.2, 0) is 24.1 Å². The third-order valence-corrected chi connectivity index (χ3v) is 6.11. The Morgan fingerprint density at radius 2 is 2.27 bits per heavy atom. The number of halogens is 1. The van der Waals surface area contributed by atoms with Gasteiger partial charge in [-0.1, -0.05) is 30.7 Å². The van der Waals surface area contributed by atoms with Crippen molar-refractivity contribution in [2.45, 2.75) is 32.6 Å². The molecule has 0 amide bonds. The summed E-state index contributed by atoms with van der Waals surface area (Å²) in [5.74, 6) is 1.23. The predicted octanol–water partition coefficient (Wildman–Crippen LogP) is 4.66. The molecule has 134 valence electrons. The summed E-state index contributed by atoms with van der Waals surface area (Å²) >= 11 is 7.70. The molecule has 3 aromatic rings. The Balaban J connectivity index is 1.51. The molecule has 26 heavy (non-hydrogen) atoms. The maximum atomic E-state index is 12.3. The van der Waals surface area contributed by atoms with Crippen molar-refractivity contribution >= 4 is 38.9 Å². The molecular formula is C20H19ClN2O2S. The fourth-order valence-corrected chi connectivity index (χ4v) is 4.98. The van der Waals surface area contributed by atoms with Crippen molar-refractivity contribution < 1.29 is 9.53 Å². The van der Waals surface area contributed by atoms with E-state index in [0.29, 0.717) is 23.2 Å². The molecule has 1 aromatic carbocycles. The lowest BCUT2D eigenvalue weighted by molar-refractivity contribution is -0.120. The fourth-order valence-electron chi connectivity index (χ4n) is 3.43. The summed E-state index contributed by atoms with van der Waals surface area (Å²) in [5.41, 5.74) is 2.20. The Morgan fingerprint density at radius 1 is 1.38 bits per heavy atom. The van der Waals surface area contributed by atoms with E-state index in [-0.39, 0.29) is 12.4 Å². The topological polar surface area (TPSA) is 52.1 Å². The molecule has 4 rings (SSSR count). The van der Waals surface area contributed by atoms with Crippen molar-refractivity contribution in [1.82, 2.24) is 9.97 Å². The van der Waals surface area contributed by atoms with Crippen LogP contribution in [0.25, 0.3) is 10.2 Å². The molecule has 1 aliphatic carbocycles. The second-order valence-electron chi connectivity index (χ2n) is 6.84. The minimum Gasteiger partial charge on any atom is -0.469 e. The van der Waals surface area contributed by atoms with Gasteiger partial charge in [-0.25, -0.2) is 9.97 Å². The molecule has 0 saturated carbocycles. The first-order valence-electron chi connectivity index (χ1n) is 8.74. The molecule has 1 unspecified atom stereocenters. The number of hydrogen-bond acceptors (Lipinski definition) is 5. The van der Waals surface area contributed by atoms with E-state index in [9.17, 15) is 4.79 Å². The van der Waals surface area contributed by atoms with E-state index in [1.165, 1.54) is 23.2 Å². The van der Waals surface area contributed by atoms with Gasteiger partial charge >= 0.3 is 0 Å². The largest absolute Gasteiger partial charge is 0.469 e. The standard InChI is InChI=1S/C20H19ClN2O2S/c1-12-5-6-16-17(7-12)26-20-18(16)19(22-11-23-20)25-10-15(24)9-13-3-2-4-14(21)8-13/h2-4,8,11-12H,5-7,9-10H2,1H3. The zero-order valence-corrected chi connectivity index (χ0v) is 16.1. The summed E-state index contributed by atoms with van der Waals surface area (Å²) in [6, 6.07) is 7.34. The van der Waals surface area contributed by atoms with Gasteiger partial charge in [-0.05, 0) is 48.4 Å². The molecule has 2 aromatic heterocycles. The van der Waals surface area contributed by atoms with E-state index in [4.69, 9.17) is 16.3 Å². The van der Waals surface area contributed by atoms with Gasteiger partial charge in [0.25, 0.3) is 0 Å². The van der Waals surface area contributed by atoms with Gasteiger partial charge in [-0.3, -0.25) is 4.79 Å². The quantitative estimate of drug-likeness (QED) is 0.639. The molecule has 0 spiro atoms. The zero-order valence-electron chi connectivity index (χ0n) is 14.5. The third-order valence-electron chi connectivity index (χ3n) is 4.72. The van der Waals surface area contributed by atoms with Gasteiger partial charge in [0.1, 0.15) is 17.8 Å². The molecule has 0 saturated heterocycles. The summed E-state index contributed by atoms with van der Waals surface area (Å²) in [6.07, 6.45) is 5.10. The van der Waals surface area contributed by atoms with Gasteiger partial charge < -0.3 is 4.74 Å². The van der Waals surface area contributed by atoms with Crippen LogP contribution >= 0.6 is 22.9 Å². The predicted molar refractivity (Wildman–Crippen MR) is 104 cm³/mol. The summed E-state index contributed by atoms with van der Waals surface area (Å²) in [5, 5.41) is 1.63. The highest BCUT2D eigenvalue weighted by Crippen LogP contribution is 2.40. The molecule has 0 N–H and O–H groups in total. The van der Waals surface area contributed by atoms with Crippen LogP contribution in [0.4, 0.5) is 0 Å². The number of hydrogen-bond donors (Lipinski definition) is 0. The fraction of sp³-hybridized carbons (Fsp3) is 0.350. The van der Waals surface area contributed by atoms with E-state index in [1.807, 2.05) is 12.1 Å². The summed E-state index contributed by atoms with van der Waals surface area (Å²) < 4.78 is 5.81. The highest BCUT2D eigenvalue weighted by molar-refractivity contribution is 7.18. The molecule has 0 fully saturated rings. The van der Waals surface area contributed by atoms with E-state index < -0.39 is 0 Å². The molecule has 0 aliphatic heterocycles. The van der Waals surface area contributed by atoms with E-state index in [1.54, 1.807) is 23.5 Å². The molecule has 1 aliphatic rings. The Labute approximate surface area is 161 Å². The van der Waals surface area contributed by atoms with Crippen molar-refractivity contribution in [2.75, 3.05) is 6.61 Å². The van der Waals surface area contributed by atoms with E-state index in [2.05, 4.69) is 16.9 Å². The summed E-state index contributed by atoms with van der Waals surface area (Å²) in [4.78, 5) is 23.3. The van der Waals surface area contributed by atoms with Crippen LogP contribution in [-0.4, -0.2) is 22.4 Å². The normalized spacial score (nSPS) is 16.5. The molecule has 1 atom stereocenters. The molecule has 2 heterocycles. The van der Waals surface area contributed by atoms with Crippen LogP contribution in [0.1, 0.15) is 29.3 Å². The number of Topliss-reactive ketones (excluding diaryl/α,β-unsaturated/α-hetero) is 1. The molecule has 4 nitrogen and oxygen atoms in total. The van der Waals surface area contributed by atoms with Crippen LogP contribution in [0.15, 0.2) is 30.6 Å². The molecule has 0 radical (unpaired) electrons. The SMILES string of the molecule is CC1CCc2c(sc3ncnc(OCC(=O)Cc4cccc(Cl)c4)c23)C1. The van der Waals surface area contributed by atoms with Crippen LogP contribution in [0.3, 0.4) is 0 Å². The van der Waals surface area contributed by atoms with Gasteiger partial charge in [-0.2, -0.15) is 0 Å². The molecule has 0 bridgehead atoms. The maximum absolute atomic E-state index is 12.3. The number of ketones is 1. The van der Waals surface area contributed by atoms with Gasteiger partial charge in [0.2, 0.25) is 5.88 Å². The number of fused-ring (bicyclic) bond motifs is 3. The monoisotopic (exact) mass is 386 g/mol. The van der Waals surface area contributed by atoms with Gasteiger partial charge in [0.05, 0.1) is 5.39 Å². The number of rotatable bonds is 5. The van der Waals surface area contributed by atoms with Crippen LogP contribution in [0.5, 0.6) is 5.88 Å². The van der Waals surface area contributed by atoms with E-state index in [0.717, 1.165) is 28.6 Å². The van der Waals surface area contributed by atoms with Crippen LogP contribution in [0, 0.1) is 5.92 Å². The van der Waals surface area contributed by atoms with Crippen molar-refractivity contribution in [3.05, 3.63) is 51.6 Å². The number of thiophene rings is 1. The minimum absolute atomic E-state index is 0.000348. The van der Waals surface area contributed by atoms with Crippen molar-refractivity contribution in [3.8, 4) is 5.88 Å². The molecule has 6 heteroatoms. The Bertz CT molecular complexity index is 970. The Kier molecular flexibility index (Phi) is 4.92. The van der Waals surface area contributed by atoms with Crippen molar-refractivity contribution in [2.24, 2.45) is 5.92 Å². The van der Waals surface area contributed by atoms with Crippen LogP contribution in [0.2, 0.25) is 5.02 Å². The first-order valence-corrected chi connectivity index (χ1v) is 9.94. The average molecular weight is 387 g/mol. The average Bonchev–Trinajstić information content (AvgIpc) is 2.98. The zero-order chi connectivity index (χ0) is 18.1. The highest BCUT2D eigenvalue weighted by atomic mass is 35.5. The first-order chi connectivity index (χ1) is 12.6.